The minimum Gasteiger partial charge on any atom is -0.332 e. The fourth-order valence-corrected chi connectivity index (χ4v) is 1.50. The lowest BCUT2D eigenvalue weighted by molar-refractivity contribution is 1.18. The lowest BCUT2D eigenvalue weighted by Crippen LogP contribution is -2.20. The van der Waals surface area contributed by atoms with Gasteiger partial charge in [0.25, 0.3) is 0 Å². The van der Waals surface area contributed by atoms with E-state index in [1.54, 1.807) is 30.6 Å². The Morgan fingerprint density at radius 3 is 2.35 bits per heavy atom. The molecule has 0 saturated heterocycles. The number of rotatable bonds is 2. The highest BCUT2D eigenvalue weighted by molar-refractivity contribution is 7.80. The summed E-state index contributed by atoms with van der Waals surface area (Å²) in [5, 5.41) is 6.98. The predicted molar refractivity (Wildman–Crippen MR) is 73.3 cm³/mol. The highest BCUT2D eigenvalue weighted by atomic mass is 35.5. The molecule has 0 aliphatic carbocycles. The van der Waals surface area contributed by atoms with Gasteiger partial charge in [-0.05, 0) is 42.5 Å². The van der Waals surface area contributed by atoms with Crippen molar-refractivity contribution in [1.29, 1.82) is 0 Å². The Morgan fingerprint density at radius 2 is 1.71 bits per heavy atom. The van der Waals surface area contributed by atoms with Gasteiger partial charge < -0.3 is 10.6 Å². The van der Waals surface area contributed by atoms with Crippen molar-refractivity contribution < 1.29 is 0 Å². The number of hydrogen-bond donors (Lipinski definition) is 2. The van der Waals surface area contributed by atoms with Gasteiger partial charge in [0.05, 0.1) is 0 Å². The van der Waals surface area contributed by atoms with Gasteiger partial charge in [0.2, 0.25) is 5.95 Å². The van der Waals surface area contributed by atoms with E-state index in [1.807, 2.05) is 12.1 Å². The molecule has 2 aromatic rings. The number of thiocarbonyl (C=S) groups is 1. The first-order valence-corrected chi connectivity index (χ1v) is 5.63. The second kappa shape index (κ2) is 5.56. The summed E-state index contributed by atoms with van der Waals surface area (Å²) in [6, 6.07) is 8.97. The molecule has 1 heterocycles. The molecule has 0 saturated carbocycles. The molecular formula is C11H9ClN4S. The van der Waals surface area contributed by atoms with Crippen LogP contribution in [0, 0.1) is 0 Å². The van der Waals surface area contributed by atoms with Crippen LogP contribution in [0.15, 0.2) is 42.7 Å². The van der Waals surface area contributed by atoms with Crippen LogP contribution in [0.2, 0.25) is 5.02 Å². The monoisotopic (exact) mass is 264 g/mol. The van der Waals surface area contributed by atoms with E-state index in [-0.39, 0.29) is 0 Å². The second-order valence-corrected chi connectivity index (χ2v) is 4.00. The Kier molecular flexibility index (Phi) is 3.85. The van der Waals surface area contributed by atoms with Crippen molar-refractivity contribution in [3.63, 3.8) is 0 Å². The maximum absolute atomic E-state index is 5.78. The number of anilines is 2. The third kappa shape index (κ3) is 3.65. The van der Waals surface area contributed by atoms with Crippen LogP contribution in [0.1, 0.15) is 0 Å². The predicted octanol–water partition coefficient (Wildman–Crippen LogP) is 2.94. The maximum Gasteiger partial charge on any atom is 0.228 e. The summed E-state index contributed by atoms with van der Waals surface area (Å²) in [6.45, 7) is 0. The van der Waals surface area contributed by atoms with Gasteiger partial charge >= 0.3 is 0 Å². The topological polar surface area (TPSA) is 49.8 Å². The molecule has 2 rings (SSSR count). The van der Waals surface area contributed by atoms with Crippen molar-refractivity contribution in [3.05, 3.63) is 47.7 Å². The molecule has 1 aromatic carbocycles. The Hall–Kier alpha value is -1.72. The van der Waals surface area contributed by atoms with Crippen LogP contribution in [0.4, 0.5) is 11.6 Å². The van der Waals surface area contributed by atoms with E-state index in [9.17, 15) is 0 Å². The first kappa shape index (κ1) is 11.8. The van der Waals surface area contributed by atoms with Crippen LogP contribution in [-0.4, -0.2) is 15.1 Å². The molecule has 0 aliphatic rings. The zero-order chi connectivity index (χ0) is 12.1. The third-order valence-corrected chi connectivity index (χ3v) is 2.35. The van der Waals surface area contributed by atoms with Gasteiger partial charge in [-0.25, -0.2) is 9.97 Å². The van der Waals surface area contributed by atoms with Crippen molar-refractivity contribution in [2.24, 2.45) is 0 Å². The largest absolute Gasteiger partial charge is 0.332 e. The molecule has 6 heteroatoms. The highest BCUT2D eigenvalue weighted by Crippen LogP contribution is 2.13. The number of benzene rings is 1. The van der Waals surface area contributed by atoms with Crippen molar-refractivity contribution in [2.75, 3.05) is 10.6 Å². The quantitative estimate of drug-likeness (QED) is 0.817. The van der Waals surface area contributed by atoms with Crippen LogP contribution in [0.3, 0.4) is 0 Å². The molecule has 0 aliphatic heterocycles. The zero-order valence-corrected chi connectivity index (χ0v) is 10.3. The highest BCUT2D eigenvalue weighted by Gasteiger charge is 1.99. The molecule has 0 atom stereocenters. The lowest BCUT2D eigenvalue weighted by atomic mass is 10.3. The third-order valence-electron chi connectivity index (χ3n) is 1.89. The van der Waals surface area contributed by atoms with Crippen LogP contribution in [-0.2, 0) is 0 Å². The summed E-state index contributed by atoms with van der Waals surface area (Å²) >= 11 is 10.9. The van der Waals surface area contributed by atoms with Crippen molar-refractivity contribution in [1.82, 2.24) is 9.97 Å². The van der Waals surface area contributed by atoms with E-state index in [2.05, 4.69) is 20.6 Å². The van der Waals surface area contributed by atoms with Gasteiger partial charge in [-0.3, -0.25) is 0 Å². The van der Waals surface area contributed by atoms with Gasteiger partial charge in [-0.1, -0.05) is 11.6 Å². The first-order chi connectivity index (χ1) is 8.24. The minimum absolute atomic E-state index is 0.429. The molecule has 86 valence electrons. The van der Waals surface area contributed by atoms with E-state index in [0.717, 1.165) is 5.69 Å². The smallest absolute Gasteiger partial charge is 0.228 e. The Balaban J connectivity index is 1.96. The van der Waals surface area contributed by atoms with E-state index in [0.29, 0.717) is 16.1 Å². The Morgan fingerprint density at radius 1 is 1.06 bits per heavy atom. The SMILES string of the molecule is S=C(Nc1ccc(Cl)cc1)Nc1ncccn1. The normalized spacial score (nSPS) is 9.71. The van der Waals surface area contributed by atoms with Gasteiger partial charge in [0.1, 0.15) is 0 Å². The zero-order valence-electron chi connectivity index (χ0n) is 8.72. The second-order valence-electron chi connectivity index (χ2n) is 3.16. The summed E-state index contributed by atoms with van der Waals surface area (Å²) in [7, 11) is 0. The molecule has 0 bridgehead atoms. The standard InChI is InChI=1S/C11H9ClN4S/c12-8-2-4-9(5-3-8)15-11(17)16-10-13-6-1-7-14-10/h1-7H,(H2,13,14,15,16,17). The van der Waals surface area contributed by atoms with E-state index >= 15 is 0 Å². The molecule has 0 spiro atoms. The van der Waals surface area contributed by atoms with Gasteiger partial charge in [0.15, 0.2) is 5.11 Å². The summed E-state index contributed by atoms with van der Waals surface area (Å²) in [5.41, 5.74) is 0.850. The number of aromatic nitrogens is 2. The average Bonchev–Trinajstić information content (AvgIpc) is 2.33. The van der Waals surface area contributed by atoms with Crippen LogP contribution >= 0.6 is 23.8 Å². The molecular weight excluding hydrogens is 256 g/mol. The van der Waals surface area contributed by atoms with Gasteiger partial charge in [-0.15, -0.1) is 0 Å². The molecule has 1 aromatic heterocycles. The van der Waals surface area contributed by atoms with E-state index < -0.39 is 0 Å². The number of halogens is 1. The van der Waals surface area contributed by atoms with Crippen molar-refractivity contribution in [3.8, 4) is 0 Å². The summed E-state index contributed by atoms with van der Waals surface area (Å²) in [5.74, 6) is 0.457. The minimum atomic E-state index is 0.429. The molecule has 0 unspecified atom stereocenters. The fraction of sp³-hybridized carbons (Fsp3) is 0. The molecule has 0 amide bonds. The van der Waals surface area contributed by atoms with Gasteiger partial charge in [0, 0.05) is 23.1 Å². The summed E-state index contributed by atoms with van der Waals surface area (Å²) in [4.78, 5) is 8.01. The van der Waals surface area contributed by atoms with Crippen LogP contribution in [0.25, 0.3) is 0 Å². The van der Waals surface area contributed by atoms with Crippen LogP contribution < -0.4 is 10.6 Å². The molecule has 17 heavy (non-hydrogen) atoms. The van der Waals surface area contributed by atoms with Crippen LogP contribution in [0.5, 0.6) is 0 Å². The number of nitrogens with zero attached hydrogens (tertiary/aromatic N) is 2. The Labute approximate surface area is 109 Å². The maximum atomic E-state index is 5.78. The van der Waals surface area contributed by atoms with E-state index in [4.69, 9.17) is 23.8 Å². The van der Waals surface area contributed by atoms with Crippen molar-refractivity contribution >= 4 is 40.6 Å². The van der Waals surface area contributed by atoms with E-state index in [1.165, 1.54) is 0 Å². The summed E-state index contributed by atoms with van der Waals surface area (Å²) in [6.07, 6.45) is 3.28. The first-order valence-electron chi connectivity index (χ1n) is 4.84. The molecule has 2 N–H and O–H groups in total. The summed E-state index contributed by atoms with van der Waals surface area (Å²) < 4.78 is 0. The van der Waals surface area contributed by atoms with Gasteiger partial charge in [-0.2, -0.15) is 0 Å². The Bertz CT molecular complexity index is 501. The molecule has 0 fully saturated rings. The molecule has 4 nitrogen and oxygen atoms in total. The number of hydrogen-bond acceptors (Lipinski definition) is 3. The molecule has 0 radical (unpaired) electrons. The lowest BCUT2D eigenvalue weighted by Gasteiger charge is -2.08. The number of nitrogens with one attached hydrogen (secondary N) is 2. The average molecular weight is 265 g/mol. The fourth-order valence-electron chi connectivity index (χ4n) is 1.16. The van der Waals surface area contributed by atoms with Crippen molar-refractivity contribution in [2.45, 2.75) is 0 Å².